The average Bonchev–Trinajstić information content (AvgIpc) is 2.49. The first-order chi connectivity index (χ1) is 9.79. The van der Waals surface area contributed by atoms with Gasteiger partial charge in [0.05, 0.1) is 6.61 Å². The van der Waals surface area contributed by atoms with Crippen LogP contribution in [0.3, 0.4) is 0 Å². The summed E-state index contributed by atoms with van der Waals surface area (Å²) in [6, 6.07) is 9.46. The van der Waals surface area contributed by atoms with Crippen LogP contribution in [-0.4, -0.2) is 37.2 Å². The number of para-hydroxylation sites is 1. The Morgan fingerprint density at radius 2 is 2.25 bits per heavy atom. The Labute approximate surface area is 120 Å². The predicted octanol–water partition coefficient (Wildman–Crippen LogP) is 2.58. The zero-order valence-electron chi connectivity index (χ0n) is 11.5. The Bertz CT molecular complexity index is 467. The summed E-state index contributed by atoms with van der Waals surface area (Å²) in [5, 5.41) is 2.91. The smallest absolute Gasteiger partial charge is 0.321 e. The summed E-state index contributed by atoms with van der Waals surface area (Å²) in [6.07, 6.45) is 7.25. The lowest BCUT2D eigenvalue weighted by molar-refractivity contribution is 0.0883. The zero-order valence-corrected chi connectivity index (χ0v) is 11.5. The molecule has 1 aliphatic rings. The van der Waals surface area contributed by atoms with E-state index >= 15 is 0 Å². The van der Waals surface area contributed by atoms with Crippen molar-refractivity contribution in [3.63, 3.8) is 0 Å². The van der Waals surface area contributed by atoms with Gasteiger partial charge in [-0.2, -0.15) is 0 Å². The van der Waals surface area contributed by atoms with E-state index in [0.717, 1.165) is 31.6 Å². The number of nitrogens with zero attached hydrogens (tertiary/aromatic N) is 1. The van der Waals surface area contributed by atoms with Gasteiger partial charge in [-0.05, 0) is 25.0 Å². The SMILES string of the molecule is C#CCOCC1CCCN(C(=O)Nc2ccccc2)C1. The molecule has 0 radical (unpaired) electrons. The van der Waals surface area contributed by atoms with E-state index in [4.69, 9.17) is 11.2 Å². The molecule has 2 amide bonds. The second kappa shape index (κ2) is 7.56. The Morgan fingerprint density at radius 1 is 1.45 bits per heavy atom. The molecule has 0 saturated carbocycles. The number of ether oxygens (including phenoxy) is 1. The molecule has 1 atom stereocenters. The average molecular weight is 272 g/mol. The minimum absolute atomic E-state index is 0.0437. The molecule has 1 aromatic rings. The van der Waals surface area contributed by atoms with Crippen LogP contribution in [0.5, 0.6) is 0 Å². The van der Waals surface area contributed by atoms with Crippen molar-refractivity contribution < 1.29 is 9.53 Å². The molecule has 1 fully saturated rings. The third kappa shape index (κ3) is 4.29. The van der Waals surface area contributed by atoms with Gasteiger partial charge in [-0.15, -0.1) is 6.42 Å². The molecule has 1 unspecified atom stereocenters. The topological polar surface area (TPSA) is 41.6 Å². The summed E-state index contributed by atoms with van der Waals surface area (Å²) < 4.78 is 5.37. The van der Waals surface area contributed by atoms with Gasteiger partial charge in [-0.3, -0.25) is 0 Å². The second-order valence-electron chi connectivity index (χ2n) is 4.97. The van der Waals surface area contributed by atoms with Crippen molar-refractivity contribution in [2.45, 2.75) is 12.8 Å². The van der Waals surface area contributed by atoms with Gasteiger partial charge < -0.3 is 15.0 Å². The summed E-state index contributed by atoms with van der Waals surface area (Å²) >= 11 is 0. The van der Waals surface area contributed by atoms with Gasteiger partial charge >= 0.3 is 6.03 Å². The fraction of sp³-hybridized carbons (Fsp3) is 0.438. The van der Waals surface area contributed by atoms with Crippen LogP contribution in [0.25, 0.3) is 0 Å². The highest BCUT2D eigenvalue weighted by atomic mass is 16.5. The van der Waals surface area contributed by atoms with Crippen molar-refractivity contribution in [3.05, 3.63) is 30.3 Å². The summed E-state index contributed by atoms with van der Waals surface area (Å²) in [5.41, 5.74) is 0.822. The largest absolute Gasteiger partial charge is 0.368 e. The van der Waals surface area contributed by atoms with E-state index in [9.17, 15) is 4.79 Å². The Morgan fingerprint density at radius 3 is 3.00 bits per heavy atom. The first kappa shape index (κ1) is 14.4. The number of piperidine rings is 1. The summed E-state index contributed by atoms with van der Waals surface area (Å²) in [4.78, 5) is 14.0. The number of amides is 2. The lowest BCUT2D eigenvalue weighted by Gasteiger charge is -2.32. The van der Waals surface area contributed by atoms with Crippen LogP contribution in [0, 0.1) is 18.3 Å². The van der Waals surface area contributed by atoms with Crippen LogP contribution >= 0.6 is 0 Å². The van der Waals surface area contributed by atoms with Crippen molar-refractivity contribution in [1.29, 1.82) is 0 Å². The van der Waals surface area contributed by atoms with Crippen molar-refractivity contribution >= 4 is 11.7 Å². The van der Waals surface area contributed by atoms with Crippen LogP contribution in [0.2, 0.25) is 0 Å². The van der Waals surface area contributed by atoms with E-state index in [1.54, 1.807) is 0 Å². The van der Waals surface area contributed by atoms with Gasteiger partial charge in [0.2, 0.25) is 0 Å². The summed E-state index contributed by atoms with van der Waals surface area (Å²) in [7, 11) is 0. The van der Waals surface area contributed by atoms with Crippen molar-refractivity contribution in [2.75, 3.05) is 31.6 Å². The number of hydrogen-bond donors (Lipinski definition) is 1. The standard InChI is InChI=1S/C16H20N2O2/c1-2-11-20-13-14-7-6-10-18(12-14)16(19)17-15-8-4-3-5-9-15/h1,3-5,8-9,14H,6-7,10-13H2,(H,17,19). The highest BCUT2D eigenvalue weighted by molar-refractivity contribution is 5.89. The van der Waals surface area contributed by atoms with Gasteiger partial charge in [-0.25, -0.2) is 4.79 Å². The third-order valence-corrected chi connectivity index (χ3v) is 3.37. The lowest BCUT2D eigenvalue weighted by Crippen LogP contribution is -2.43. The molecule has 0 aromatic heterocycles. The molecule has 0 spiro atoms. The number of terminal acetylenes is 1. The highest BCUT2D eigenvalue weighted by Crippen LogP contribution is 2.18. The molecule has 0 bridgehead atoms. The molecule has 1 heterocycles. The molecule has 1 N–H and O–H groups in total. The first-order valence-electron chi connectivity index (χ1n) is 6.92. The maximum Gasteiger partial charge on any atom is 0.321 e. The van der Waals surface area contributed by atoms with E-state index < -0.39 is 0 Å². The molecule has 0 aliphatic carbocycles. The Balaban J connectivity index is 1.82. The second-order valence-corrected chi connectivity index (χ2v) is 4.97. The quantitative estimate of drug-likeness (QED) is 0.676. The number of carbonyl (C=O) groups excluding carboxylic acids is 1. The monoisotopic (exact) mass is 272 g/mol. The molecule has 2 rings (SSSR count). The number of nitrogens with one attached hydrogen (secondary N) is 1. The first-order valence-corrected chi connectivity index (χ1v) is 6.92. The number of rotatable bonds is 4. The fourth-order valence-electron chi connectivity index (χ4n) is 2.39. The van der Waals surface area contributed by atoms with Crippen LogP contribution in [0.4, 0.5) is 10.5 Å². The van der Waals surface area contributed by atoms with E-state index in [2.05, 4.69) is 11.2 Å². The molecule has 4 nitrogen and oxygen atoms in total. The van der Waals surface area contributed by atoms with Gasteiger partial charge in [0.15, 0.2) is 0 Å². The van der Waals surface area contributed by atoms with E-state index in [-0.39, 0.29) is 6.03 Å². The number of hydrogen-bond acceptors (Lipinski definition) is 2. The van der Waals surface area contributed by atoms with E-state index in [0.29, 0.717) is 19.1 Å². The lowest BCUT2D eigenvalue weighted by atomic mass is 9.99. The van der Waals surface area contributed by atoms with Gasteiger partial charge in [0, 0.05) is 24.7 Å². The number of urea groups is 1. The maximum atomic E-state index is 12.2. The van der Waals surface area contributed by atoms with E-state index in [1.165, 1.54) is 0 Å². The van der Waals surface area contributed by atoms with Crippen molar-refractivity contribution in [1.82, 2.24) is 4.90 Å². The highest BCUT2D eigenvalue weighted by Gasteiger charge is 2.23. The fourth-order valence-corrected chi connectivity index (χ4v) is 2.39. The maximum absolute atomic E-state index is 12.2. The van der Waals surface area contributed by atoms with Crippen LogP contribution in [0.1, 0.15) is 12.8 Å². The number of anilines is 1. The summed E-state index contributed by atoms with van der Waals surface area (Å²) in [6.45, 7) is 2.49. The zero-order chi connectivity index (χ0) is 14.2. The molecule has 106 valence electrons. The van der Waals surface area contributed by atoms with Gasteiger partial charge in [-0.1, -0.05) is 24.1 Å². The van der Waals surface area contributed by atoms with Crippen molar-refractivity contribution in [2.24, 2.45) is 5.92 Å². The molecule has 1 aromatic carbocycles. The van der Waals surface area contributed by atoms with Crippen LogP contribution < -0.4 is 5.32 Å². The molecule has 20 heavy (non-hydrogen) atoms. The molecule has 1 aliphatic heterocycles. The van der Waals surface area contributed by atoms with E-state index in [1.807, 2.05) is 35.2 Å². The minimum Gasteiger partial charge on any atom is -0.368 e. The Hall–Kier alpha value is -1.99. The number of benzene rings is 1. The molecular weight excluding hydrogens is 252 g/mol. The molecule has 1 saturated heterocycles. The third-order valence-electron chi connectivity index (χ3n) is 3.37. The number of likely N-dealkylation sites (tertiary alicyclic amines) is 1. The van der Waals surface area contributed by atoms with Crippen LogP contribution in [-0.2, 0) is 4.74 Å². The van der Waals surface area contributed by atoms with Gasteiger partial charge in [0.25, 0.3) is 0 Å². The van der Waals surface area contributed by atoms with Crippen LogP contribution in [0.15, 0.2) is 30.3 Å². The molecule has 4 heteroatoms. The normalized spacial score (nSPS) is 18.4. The summed E-state index contributed by atoms with van der Waals surface area (Å²) in [5.74, 6) is 2.83. The minimum atomic E-state index is -0.0437. The molecular formula is C16H20N2O2. The van der Waals surface area contributed by atoms with Gasteiger partial charge in [0.1, 0.15) is 6.61 Å². The van der Waals surface area contributed by atoms with Crippen molar-refractivity contribution in [3.8, 4) is 12.3 Å². The predicted molar refractivity (Wildman–Crippen MR) is 79.4 cm³/mol. The number of carbonyl (C=O) groups is 1. The Kier molecular flexibility index (Phi) is 5.45.